The number of benzene rings is 2. The van der Waals surface area contributed by atoms with Gasteiger partial charge in [-0.25, -0.2) is 13.1 Å². The van der Waals surface area contributed by atoms with Crippen molar-refractivity contribution in [3.05, 3.63) is 65.2 Å². The maximum Gasteiger partial charge on any atom is 0.269 e. The molecule has 2 amide bonds. The highest BCUT2D eigenvalue weighted by molar-refractivity contribution is 7.89. The highest BCUT2D eigenvalue weighted by Crippen LogP contribution is 2.22. The third-order valence-corrected chi connectivity index (χ3v) is 5.79. The van der Waals surface area contributed by atoms with E-state index in [9.17, 15) is 18.0 Å². The fourth-order valence-electron chi connectivity index (χ4n) is 2.54. The van der Waals surface area contributed by atoms with Gasteiger partial charge in [0.05, 0.1) is 4.90 Å². The first-order chi connectivity index (χ1) is 13.4. The minimum atomic E-state index is -3.63. The van der Waals surface area contributed by atoms with Crippen LogP contribution in [-0.2, 0) is 15.4 Å². The number of hydrazine groups is 1. The van der Waals surface area contributed by atoms with E-state index in [0.717, 1.165) is 5.56 Å². The van der Waals surface area contributed by atoms with Gasteiger partial charge in [0, 0.05) is 17.2 Å². The van der Waals surface area contributed by atoms with Crippen LogP contribution in [0.4, 0.5) is 0 Å². The van der Waals surface area contributed by atoms with Crippen LogP contribution in [0.3, 0.4) is 0 Å². The van der Waals surface area contributed by atoms with E-state index in [1.165, 1.54) is 24.3 Å². The molecule has 0 heterocycles. The second-order valence-electron chi connectivity index (χ2n) is 8.04. The zero-order valence-electron chi connectivity index (χ0n) is 17.2. The van der Waals surface area contributed by atoms with E-state index in [4.69, 9.17) is 0 Å². The zero-order valence-corrected chi connectivity index (χ0v) is 18.1. The largest absolute Gasteiger partial charge is 0.269 e. The third-order valence-electron chi connectivity index (χ3n) is 4.12. The molecule has 0 aliphatic heterocycles. The molecule has 2 rings (SSSR count). The molecule has 0 fully saturated rings. The number of nitrogens with one attached hydrogen (secondary N) is 3. The quantitative estimate of drug-likeness (QED) is 0.651. The molecular formula is C21H27N3O4S. The summed E-state index contributed by atoms with van der Waals surface area (Å²) < 4.78 is 26.7. The van der Waals surface area contributed by atoms with Crippen LogP contribution in [0.2, 0.25) is 0 Å². The van der Waals surface area contributed by atoms with Crippen molar-refractivity contribution in [1.29, 1.82) is 0 Å². The Labute approximate surface area is 171 Å². The van der Waals surface area contributed by atoms with Crippen LogP contribution < -0.4 is 15.6 Å². The Kier molecular flexibility index (Phi) is 6.81. The summed E-state index contributed by atoms with van der Waals surface area (Å²) in [4.78, 5) is 24.5. The SMILES string of the molecule is CC(C)NS(=O)(=O)c1ccc(C(=O)NNC(=O)c2ccc(C(C)(C)C)cc2)cc1. The van der Waals surface area contributed by atoms with Gasteiger partial charge in [0.2, 0.25) is 10.0 Å². The maximum atomic E-state index is 12.2. The number of hydrogen-bond acceptors (Lipinski definition) is 4. The molecule has 2 aromatic carbocycles. The van der Waals surface area contributed by atoms with Gasteiger partial charge in [-0.2, -0.15) is 0 Å². The van der Waals surface area contributed by atoms with Crippen LogP contribution in [0.5, 0.6) is 0 Å². The summed E-state index contributed by atoms with van der Waals surface area (Å²) in [6, 6.07) is 12.4. The van der Waals surface area contributed by atoms with Crippen molar-refractivity contribution in [2.45, 2.75) is 51.0 Å². The molecule has 0 atom stereocenters. The first kappa shape index (κ1) is 22.6. The predicted octanol–water partition coefficient (Wildman–Crippen LogP) is 2.75. The molecule has 7 nitrogen and oxygen atoms in total. The Morgan fingerprint density at radius 1 is 0.793 bits per heavy atom. The minimum absolute atomic E-state index is 0.0203. The average Bonchev–Trinajstić information content (AvgIpc) is 2.64. The molecule has 0 spiro atoms. The van der Waals surface area contributed by atoms with Gasteiger partial charge in [0.15, 0.2) is 0 Å². The van der Waals surface area contributed by atoms with Gasteiger partial charge in [0.1, 0.15) is 0 Å². The van der Waals surface area contributed by atoms with Crippen molar-refractivity contribution in [2.75, 3.05) is 0 Å². The summed E-state index contributed by atoms with van der Waals surface area (Å²) in [5.41, 5.74) is 6.40. The molecule has 0 aromatic heterocycles. The van der Waals surface area contributed by atoms with E-state index in [2.05, 4.69) is 36.3 Å². The molecule has 3 N–H and O–H groups in total. The van der Waals surface area contributed by atoms with Gasteiger partial charge in [-0.1, -0.05) is 32.9 Å². The van der Waals surface area contributed by atoms with Crippen LogP contribution in [0.25, 0.3) is 0 Å². The number of hydrogen-bond donors (Lipinski definition) is 3. The molecule has 0 saturated carbocycles. The van der Waals surface area contributed by atoms with Gasteiger partial charge in [-0.15, -0.1) is 0 Å². The van der Waals surface area contributed by atoms with Gasteiger partial charge in [-0.3, -0.25) is 20.4 Å². The molecule has 0 aliphatic carbocycles. The lowest BCUT2D eigenvalue weighted by Crippen LogP contribution is -2.41. The number of amides is 2. The summed E-state index contributed by atoms with van der Waals surface area (Å²) in [6.07, 6.45) is 0. The topological polar surface area (TPSA) is 104 Å². The first-order valence-electron chi connectivity index (χ1n) is 9.24. The van der Waals surface area contributed by atoms with Crippen molar-refractivity contribution < 1.29 is 18.0 Å². The lowest BCUT2D eigenvalue weighted by atomic mass is 9.87. The molecule has 0 bridgehead atoms. The monoisotopic (exact) mass is 417 g/mol. The number of carbonyl (C=O) groups excluding carboxylic acids is 2. The Balaban J connectivity index is 1.99. The van der Waals surface area contributed by atoms with E-state index >= 15 is 0 Å². The number of sulfonamides is 1. The fourth-order valence-corrected chi connectivity index (χ4v) is 3.79. The summed E-state index contributed by atoms with van der Waals surface area (Å²) >= 11 is 0. The lowest BCUT2D eigenvalue weighted by Gasteiger charge is -2.19. The molecular weight excluding hydrogens is 390 g/mol. The van der Waals surface area contributed by atoms with Crippen LogP contribution >= 0.6 is 0 Å². The summed E-state index contributed by atoms with van der Waals surface area (Å²) in [7, 11) is -3.63. The van der Waals surface area contributed by atoms with E-state index < -0.39 is 21.8 Å². The Hall–Kier alpha value is -2.71. The van der Waals surface area contributed by atoms with Gasteiger partial charge in [0.25, 0.3) is 11.8 Å². The van der Waals surface area contributed by atoms with E-state index in [1.807, 2.05) is 12.1 Å². The van der Waals surface area contributed by atoms with Crippen LogP contribution in [0.1, 0.15) is 60.9 Å². The molecule has 0 aliphatic rings. The van der Waals surface area contributed by atoms with Gasteiger partial charge >= 0.3 is 0 Å². The van der Waals surface area contributed by atoms with Crippen LogP contribution in [-0.4, -0.2) is 26.3 Å². The maximum absolute atomic E-state index is 12.2. The molecule has 0 unspecified atom stereocenters. The van der Waals surface area contributed by atoms with Gasteiger partial charge in [-0.05, 0) is 61.2 Å². The molecule has 0 saturated heterocycles. The summed E-state index contributed by atoms with van der Waals surface area (Å²) in [5.74, 6) is -0.996. The zero-order chi connectivity index (χ0) is 21.8. The van der Waals surface area contributed by atoms with Crippen molar-refractivity contribution in [3.8, 4) is 0 Å². The standard InChI is InChI=1S/C21H27N3O4S/c1-14(2)24-29(27,28)18-12-8-16(9-13-18)20(26)23-22-19(25)15-6-10-17(11-7-15)21(3,4)5/h6-14,24H,1-5H3,(H,22,25)(H,23,26). The number of rotatable bonds is 5. The highest BCUT2D eigenvalue weighted by Gasteiger charge is 2.17. The average molecular weight is 418 g/mol. The second-order valence-corrected chi connectivity index (χ2v) is 9.75. The van der Waals surface area contributed by atoms with Crippen molar-refractivity contribution in [1.82, 2.24) is 15.6 Å². The molecule has 156 valence electrons. The van der Waals surface area contributed by atoms with Gasteiger partial charge < -0.3 is 0 Å². The van der Waals surface area contributed by atoms with Crippen molar-refractivity contribution >= 4 is 21.8 Å². The second kappa shape index (κ2) is 8.75. The Morgan fingerprint density at radius 2 is 1.21 bits per heavy atom. The summed E-state index contributed by atoms with van der Waals surface area (Å²) in [6.45, 7) is 9.69. The first-order valence-corrected chi connectivity index (χ1v) is 10.7. The Bertz CT molecular complexity index is 974. The highest BCUT2D eigenvalue weighted by atomic mass is 32.2. The van der Waals surface area contributed by atoms with Crippen LogP contribution in [0.15, 0.2) is 53.4 Å². The molecule has 2 aromatic rings. The van der Waals surface area contributed by atoms with E-state index in [0.29, 0.717) is 5.56 Å². The normalized spacial score (nSPS) is 11.9. The number of carbonyl (C=O) groups is 2. The fraction of sp³-hybridized carbons (Fsp3) is 0.333. The predicted molar refractivity (Wildman–Crippen MR) is 112 cm³/mol. The molecule has 0 radical (unpaired) electrons. The van der Waals surface area contributed by atoms with E-state index in [1.54, 1.807) is 26.0 Å². The minimum Gasteiger partial charge on any atom is -0.267 e. The van der Waals surface area contributed by atoms with Crippen molar-refractivity contribution in [3.63, 3.8) is 0 Å². The summed E-state index contributed by atoms with van der Waals surface area (Å²) in [5, 5.41) is 0. The smallest absolute Gasteiger partial charge is 0.267 e. The lowest BCUT2D eigenvalue weighted by molar-refractivity contribution is 0.0846. The third kappa shape index (κ3) is 6.13. The van der Waals surface area contributed by atoms with Crippen molar-refractivity contribution in [2.24, 2.45) is 0 Å². The molecule has 29 heavy (non-hydrogen) atoms. The van der Waals surface area contributed by atoms with E-state index in [-0.39, 0.29) is 21.9 Å². The van der Waals surface area contributed by atoms with Crippen LogP contribution in [0, 0.1) is 0 Å². The molecule has 8 heteroatoms. The Morgan fingerprint density at radius 3 is 1.59 bits per heavy atom.